The number of pyridine rings is 1. The van der Waals surface area contributed by atoms with Crippen LogP contribution >= 0.6 is 0 Å². The number of hydrogen-bond donors (Lipinski definition) is 1. The van der Waals surface area contributed by atoms with E-state index in [9.17, 15) is 4.79 Å². The Kier molecular flexibility index (Phi) is 5.28. The third kappa shape index (κ3) is 3.81. The zero-order chi connectivity index (χ0) is 13.7. The molecule has 2 atom stereocenters. The van der Waals surface area contributed by atoms with Gasteiger partial charge in [0.2, 0.25) is 0 Å². The highest BCUT2D eigenvalue weighted by molar-refractivity contribution is 6.00. The summed E-state index contributed by atoms with van der Waals surface area (Å²) in [4.78, 5) is 16.2. The number of aromatic nitrogens is 1. The number of rotatable bonds is 6. The molecular weight excluding hydrogens is 228 g/mol. The van der Waals surface area contributed by atoms with E-state index in [2.05, 4.69) is 4.98 Å². The molecule has 0 spiro atoms. The summed E-state index contributed by atoms with van der Waals surface area (Å²) in [6.45, 7) is 7.86. The van der Waals surface area contributed by atoms with Crippen LogP contribution < -0.4 is 10.5 Å². The van der Waals surface area contributed by atoms with E-state index in [0.29, 0.717) is 11.3 Å². The fraction of sp³-hybridized carbons (Fsp3) is 0.571. The molecule has 2 unspecified atom stereocenters. The van der Waals surface area contributed by atoms with Crippen LogP contribution in [-0.2, 0) is 0 Å². The zero-order valence-electron chi connectivity index (χ0n) is 11.5. The van der Waals surface area contributed by atoms with Crippen LogP contribution in [0.3, 0.4) is 0 Å². The lowest BCUT2D eigenvalue weighted by atomic mass is 9.93. The van der Waals surface area contributed by atoms with Gasteiger partial charge in [-0.2, -0.15) is 0 Å². The van der Waals surface area contributed by atoms with Gasteiger partial charge in [-0.05, 0) is 25.8 Å². The smallest absolute Gasteiger partial charge is 0.181 e. The summed E-state index contributed by atoms with van der Waals surface area (Å²) in [6.07, 6.45) is 4.08. The quantitative estimate of drug-likeness (QED) is 0.787. The predicted octanol–water partition coefficient (Wildman–Crippen LogP) is 2.42. The summed E-state index contributed by atoms with van der Waals surface area (Å²) in [5.41, 5.74) is 6.45. The van der Waals surface area contributed by atoms with Gasteiger partial charge in [-0.15, -0.1) is 0 Å². The fourth-order valence-corrected chi connectivity index (χ4v) is 1.59. The molecule has 0 fully saturated rings. The Morgan fingerprint density at radius 2 is 2.06 bits per heavy atom. The van der Waals surface area contributed by atoms with Gasteiger partial charge >= 0.3 is 0 Å². The highest BCUT2D eigenvalue weighted by Gasteiger charge is 2.21. The standard InChI is InChI=1S/C14H22N2O2/c1-5-10(4)13(15)14(17)11-6-12(8-16-7-11)18-9(2)3/h6-10,13H,5,15H2,1-4H3. The monoisotopic (exact) mass is 250 g/mol. The van der Waals surface area contributed by atoms with Gasteiger partial charge < -0.3 is 10.5 Å². The summed E-state index contributed by atoms with van der Waals surface area (Å²) in [6, 6.07) is 1.23. The molecule has 0 amide bonds. The highest BCUT2D eigenvalue weighted by atomic mass is 16.5. The van der Waals surface area contributed by atoms with Crippen LogP contribution in [0.4, 0.5) is 0 Å². The molecule has 0 aliphatic rings. The molecule has 0 saturated heterocycles. The predicted molar refractivity (Wildman–Crippen MR) is 71.8 cm³/mol. The van der Waals surface area contributed by atoms with E-state index in [-0.39, 0.29) is 17.8 Å². The molecule has 4 heteroatoms. The van der Waals surface area contributed by atoms with Crippen LogP contribution in [0, 0.1) is 5.92 Å². The SMILES string of the molecule is CCC(C)C(N)C(=O)c1cncc(OC(C)C)c1. The third-order valence-corrected chi connectivity index (χ3v) is 2.93. The van der Waals surface area contributed by atoms with Crippen molar-refractivity contribution in [3.63, 3.8) is 0 Å². The zero-order valence-corrected chi connectivity index (χ0v) is 11.5. The first-order valence-corrected chi connectivity index (χ1v) is 6.37. The molecule has 4 nitrogen and oxygen atoms in total. The number of carbonyl (C=O) groups is 1. The summed E-state index contributed by atoms with van der Waals surface area (Å²) >= 11 is 0. The van der Waals surface area contributed by atoms with E-state index in [4.69, 9.17) is 10.5 Å². The maximum atomic E-state index is 12.2. The maximum Gasteiger partial charge on any atom is 0.181 e. The first-order valence-electron chi connectivity index (χ1n) is 6.37. The minimum atomic E-state index is -0.480. The Hall–Kier alpha value is -1.42. The first-order chi connectivity index (χ1) is 8.45. The van der Waals surface area contributed by atoms with E-state index in [1.807, 2.05) is 27.7 Å². The van der Waals surface area contributed by atoms with Gasteiger partial charge in [0.05, 0.1) is 18.3 Å². The molecule has 1 aromatic rings. The number of ketones is 1. The normalized spacial score (nSPS) is 14.3. The van der Waals surface area contributed by atoms with Crippen LogP contribution in [0.1, 0.15) is 44.5 Å². The van der Waals surface area contributed by atoms with E-state index in [0.717, 1.165) is 6.42 Å². The fourth-order valence-electron chi connectivity index (χ4n) is 1.59. The van der Waals surface area contributed by atoms with E-state index < -0.39 is 6.04 Å². The first kappa shape index (κ1) is 14.6. The minimum absolute atomic E-state index is 0.0559. The van der Waals surface area contributed by atoms with Gasteiger partial charge in [-0.25, -0.2) is 0 Å². The lowest BCUT2D eigenvalue weighted by Crippen LogP contribution is -2.36. The molecule has 100 valence electrons. The van der Waals surface area contributed by atoms with Crippen molar-refractivity contribution in [2.75, 3.05) is 0 Å². The number of ether oxygens (including phenoxy) is 1. The molecule has 0 radical (unpaired) electrons. The molecule has 2 N–H and O–H groups in total. The largest absolute Gasteiger partial charge is 0.489 e. The molecule has 1 heterocycles. The topological polar surface area (TPSA) is 65.2 Å². The van der Waals surface area contributed by atoms with Gasteiger partial charge in [0.15, 0.2) is 5.78 Å². The second kappa shape index (κ2) is 6.50. The van der Waals surface area contributed by atoms with Crippen LogP contribution in [-0.4, -0.2) is 22.9 Å². The molecule has 1 rings (SSSR count). The molecule has 0 aliphatic heterocycles. The van der Waals surface area contributed by atoms with Crippen LogP contribution in [0.25, 0.3) is 0 Å². The second-order valence-electron chi connectivity index (χ2n) is 4.85. The van der Waals surface area contributed by atoms with Crippen molar-refractivity contribution in [1.29, 1.82) is 0 Å². The van der Waals surface area contributed by atoms with Gasteiger partial charge in [0.1, 0.15) is 5.75 Å². The van der Waals surface area contributed by atoms with Crippen molar-refractivity contribution in [2.24, 2.45) is 11.7 Å². The Morgan fingerprint density at radius 3 is 2.61 bits per heavy atom. The number of Topliss-reactive ketones (excluding diaryl/α,β-unsaturated/α-hetero) is 1. The van der Waals surface area contributed by atoms with Crippen molar-refractivity contribution < 1.29 is 9.53 Å². The number of hydrogen-bond acceptors (Lipinski definition) is 4. The average molecular weight is 250 g/mol. The second-order valence-corrected chi connectivity index (χ2v) is 4.85. The molecule has 0 aromatic carbocycles. The van der Waals surface area contributed by atoms with Crippen LogP contribution in [0.2, 0.25) is 0 Å². The Bertz CT molecular complexity index is 405. The molecule has 18 heavy (non-hydrogen) atoms. The number of nitrogens with zero attached hydrogens (tertiary/aromatic N) is 1. The van der Waals surface area contributed by atoms with Gasteiger partial charge in [-0.1, -0.05) is 20.3 Å². The summed E-state index contributed by atoms with van der Waals surface area (Å²) < 4.78 is 5.52. The van der Waals surface area contributed by atoms with E-state index in [1.54, 1.807) is 12.3 Å². The van der Waals surface area contributed by atoms with Crippen molar-refractivity contribution in [2.45, 2.75) is 46.3 Å². The van der Waals surface area contributed by atoms with Crippen molar-refractivity contribution in [3.05, 3.63) is 24.0 Å². The molecule has 0 aliphatic carbocycles. The Morgan fingerprint density at radius 1 is 1.39 bits per heavy atom. The third-order valence-electron chi connectivity index (χ3n) is 2.93. The minimum Gasteiger partial charge on any atom is -0.489 e. The van der Waals surface area contributed by atoms with Crippen LogP contribution in [0.15, 0.2) is 18.5 Å². The van der Waals surface area contributed by atoms with Crippen molar-refractivity contribution in [1.82, 2.24) is 4.98 Å². The van der Waals surface area contributed by atoms with Gasteiger partial charge in [0.25, 0.3) is 0 Å². The lowest BCUT2D eigenvalue weighted by molar-refractivity contribution is 0.0933. The highest BCUT2D eigenvalue weighted by Crippen LogP contribution is 2.16. The van der Waals surface area contributed by atoms with Crippen LogP contribution in [0.5, 0.6) is 5.75 Å². The number of nitrogens with two attached hydrogens (primary N) is 1. The Balaban J connectivity index is 2.86. The van der Waals surface area contributed by atoms with E-state index in [1.165, 1.54) is 6.20 Å². The van der Waals surface area contributed by atoms with Crippen molar-refractivity contribution >= 4 is 5.78 Å². The average Bonchev–Trinajstić information content (AvgIpc) is 2.35. The summed E-state index contributed by atoms with van der Waals surface area (Å²) in [5, 5.41) is 0. The summed E-state index contributed by atoms with van der Waals surface area (Å²) in [5.74, 6) is 0.686. The molecule has 1 aromatic heterocycles. The van der Waals surface area contributed by atoms with Crippen molar-refractivity contribution in [3.8, 4) is 5.75 Å². The molecule has 0 bridgehead atoms. The maximum absolute atomic E-state index is 12.2. The molecular formula is C14H22N2O2. The van der Waals surface area contributed by atoms with Gasteiger partial charge in [-0.3, -0.25) is 9.78 Å². The molecule has 0 saturated carbocycles. The van der Waals surface area contributed by atoms with E-state index >= 15 is 0 Å². The number of carbonyl (C=O) groups excluding carboxylic acids is 1. The lowest BCUT2D eigenvalue weighted by Gasteiger charge is -2.17. The summed E-state index contributed by atoms with van der Waals surface area (Å²) in [7, 11) is 0. The Labute approximate surface area is 109 Å². The van der Waals surface area contributed by atoms with Gasteiger partial charge in [0, 0.05) is 11.8 Å².